The van der Waals surface area contributed by atoms with Gasteiger partial charge in [0.05, 0.1) is 0 Å². The summed E-state index contributed by atoms with van der Waals surface area (Å²) in [5.74, 6) is 0.532. The first-order chi connectivity index (χ1) is 12.2. The van der Waals surface area contributed by atoms with Crippen molar-refractivity contribution in [3.8, 4) is 0 Å². The maximum absolute atomic E-state index is 13.0. The molecule has 3 aromatic rings. The number of hydrogen-bond donors (Lipinski definition) is 0. The standard InChI is InChI=1S/C22H18ClNO/c23-17-10-6-9-16(13-17)21-18(20-11-4-5-12-24-20)14-19(21)22(25)15-7-2-1-3-8-15/h1-13,18-19,21H,14H2/t18-,19+,21+/m0/s1. The molecule has 1 fully saturated rings. The molecule has 0 bridgehead atoms. The van der Waals surface area contributed by atoms with E-state index in [0.717, 1.165) is 23.2 Å². The highest BCUT2D eigenvalue weighted by Crippen LogP contribution is 2.54. The molecular formula is C22H18ClNO. The van der Waals surface area contributed by atoms with Gasteiger partial charge in [-0.3, -0.25) is 9.78 Å². The van der Waals surface area contributed by atoms with Crippen molar-refractivity contribution < 1.29 is 4.79 Å². The van der Waals surface area contributed by atoms with Gasteiger partial charge in [-0.05, 0) is 36.2 Å². The molecule has 0 radical (unpaired) electrons. The Morgan fingerprint density at radius 3 is 2.48 bits per heavy atom. The van der Waals surface area contributed by atoms with Gasteiger partial charge in [0.15, 0.2) is 5.78 Å². The van der Waals surface area contributed by atoms with Gasteiger partial charge in [0, 0.05) is 40.2 Å². The Bertz CT molecular complexity index is 879. The summed E-state index contributed by atoms with van der Waals surface area (Å²) >= 11 is 6.21. The number of nitrogens with zero attached hydrogens (tertiary/aromatic N) is 1. The van der Waals surface area contributed by atoms with Crippen LogP contribution in [0.15, 0.2) is 79.0 Å². The monoisotopic (exact) mass is 347 g/mol. The molecule has 1 aromatic heterocycles. The minimum atomic E-state index is -0.0344. The number of Topliss-reactive ketones (excluding diaryl/α,β-unsaturated/α-hetero) is 1. The fourth-order valence-corrected chi connectivity index (χ4v) is 4.02. The van der Waals surface area contributed by atoms with Crippen LogP contribution in [0, 0.1) is 5.92 Å². The van der Waals surface area contributed by atoms with Gasteiger partial charge in [0.2, 0.25) is 0 Å². The molecule has 0 unspecified atom stereocenters. The quantitative estimate of drug-likeness (QED) is 0.583. The normalized spacial score (nSPS) is 22.2. The molecule has 3 heteroatoms. The van der Waals surface area contributed by atoms with Crippen molar-refractivity contribution in [2.24, 2.45) is 5.92 Å². The van der Waals surface area contributed by atoms with Crippen molar-refractivity contribution in [3.63, 3.8) is 0 Å². The zero-order valence-corrected chi connectivity index (χ0v) is 14.4. The number of carbonyl (C=O) groups excluding carboxylic acids is 1. The van der Waals surface area contributed by atoms with Gasteiger partial charge >= 0.3 is 0 Å². The second-order valence-corrected chi connectivity index (χ2v) is 6.95. The lowest BCUT2D eigenvalue weighted by Crippen LogP contribution is -2.38. The van der Waals surface area contributed by atoms with E-state index in [2.05, 4.69) is 11.1 Å². The molecule has 1 aliphatic carbocycles. The first kappa shape index (κ1) is 16.0. The second kappa shape index (κ2) is 6.81. The number of benzene rings is 2. The smallest absolute Gasteiger partial charge is 0.166 e. The van der Waals surface area contributed by atoms with E-state index in [1.54, 1.807) is 0 Å². The number of hydrogen-bond acceptors (Lipinski definition) is 2. The Labute approximate surface area is 152 Å². The zero-order chi connectivity index (χ0) is 17.2. The largest absolute Gasteiger partial charge is 0.294 e. The van der Waals surface area contributed by atoms with E-state index in [-0.39, 0.29) is 23.5 Å². The Morgan fingerprint density at radius 1 is 0.960 bits per heavy atom. The molecule has 2 nitrogen and oxygen atoms in total. The first-order valence-electron chi connectivity index (χ1n) is 8.49. The van der Waals surface area contributed by atoms with Crippen LogP contribution in [-0.2, 0) is 0 Å². The van der Waals surface area contributed by atoms with E-state index in [0.29, 0.717) is 5.02 Å². The summed E-state index contributed by atoms with van der Waals surface area (Å²) < 4.78 is 0. The molecule has 0 aliphatic heterocycles. The van der Waals surface area contributed by atoms with Crippen LogP contribution in [0.25, 0.3) is 0 Å². The average Bonchev–Trinajstić information content (AvgIpc) is 2.62. The van der Waals surface area contributed by atoms with Gasteiger partial charge in [0.1, 0.15) is 0 Å². The molecule has 0 saturated heterocycles. The van der Waals surface area contributed by atoms with Crippen LogP contribution in [0.4, 0.5) is 0 Å². The van der Waals surface area contributed by atoms with Crippen molar-refractivity contribution >= 4 is 17.4 Å². The van der Waals surface area contributed by atoms with E-state index in [9.17, 15) is 4.79 Å². The number of pyridine rings is 1. The summed E-state index contributed by atoms with van der Waals surface area (Å²) in [5.41, 5.74) is 2.94. The van der Waals surface area contributed by atoms with E-state index in [4.69, 9.17) is 11.6 Å². The second-order valence-electron chi connectivity index (χ2n) is 6.51. The molecule has 124 valence electrons. The third-order valence-corrected chi connectivity index (χ3v) is 5.31. The van der Waals surface area contributed by atoms with Crippen LogP contribution in [0.1, 0.15) is 39.9 Å². The van der Waals surface area contributed by atoms with Crippen molar-refractivity contribution in [1.82, 2.24) is 4.98 Å². The molecule has 0 N–H and O–H groups in total. The SMILES string of the molecule is O=C(c1ccccc1)[C@@H]1C[C@@H](c2ccccn2)[C@H]1c1cccc(Cl)c1. The molecule has 1 heterocycles. The van der Waals surface area contributed by atoms with Gasteiger partial charge in [-0.2, -0.15) is 0 Å². The summed E-state index contributed by atoms with van der Waals surface area (Å²) in [6.45, 7) is 0. The van der Waals surface area contributed by atoms with E-state index >= 15 is 0 Å². The molecule has 0 spiro atoms. The maximum Gasteiger partial charge on any atom is 0.166 e. The summed E-state index contributed by atoms with van der Waals surface area (Å²) in [6, 6.07) is 23.4. The third kappa shape index (κ3) is 3.10. The van der Waals surface area contributed by atoms with Gasteiger partial charge < -0.3 is 0 Å². The predicted molar refractivity (Wildman–Crippen MR) is 100 cm³/mol. The number of halogens is 1. The highest BCUT2D eigenvalue weighted by Gasteiger charge is 2.47. The minimum Gasteiger partial charge on any atom is -0.294 e. The van der Waals surface area contributed by atoms with E-state index in [1.807, 2.05) is 72.9 Å². The summed E-state index contributed by atoms with van der Waals surface area (Å²) in [6.07, 6.45) is 2.64. The minimum absolute atomic E-state index is 0.0344. The van der Waals surface area contributed by atoms with Gasteiger partial charge in [0.25, 0.3) is 0 Å². The number of ketones is 1. The molecule has 25 heavy (non-hydrogen) atoms. The average molecular weight is 348 g/mol. The van der Waals surface area contributed by atoms with Crippen LogP contribution < -0.4 is 0 Å². The Hall–Kier alpha value is -2.45. The first-order valence-corrected chi connectivity index (χ1v) is 8.87. The molecule has 4 rings (SSSR count). The molecule has 3 atom stereocenters. The number of aromatic nitrogens is 1. The van der Waals surface area contributed by atoms with Crippen LogP contribution in [0.3, 0.4) is 0 Å². The summed E-state index contributed by atoms with van der Waals surface area (Å²) in [7, 11) is 0. The van der Waals surface area contributed by atoms with Gasteiger partial charge in [-0.25, -0.2) is 0 Å². The van der Waals surface area contributed by atoms with E-state index < -0.39 is 0 Å². The van der Waals surface area contributed by atoms with Crippen molar-refractivity contribution in [2.75, 3.05) is 0 Å². The lowest BCUT2D eigenvalue weighted by Gasteiger charge is -2.44. The number of rotatable bonds is 4. The molecular weight excluding hydrogens is 330 g/mol. The zero-order valence-electron chi connectivity index (χ0n) is 13.7. The predicted octanol–water partition coefficient (Wildman–Crippen LogP) is 5.51. The Morgan fingerprint density at radius 2 is 1.76 bits per heavy atom. The topological polar surface area (TPSA) is 30.0 Å². The highest BCUT2D eigenvalue weighted by atomic mass is 35.5. The summed E-state index contributed by atoms with van der Waals surface area (Å²) in [4.78, 5) is 17.5. The van der Waals surface area contributed by atoms with Gasteiger partial charge in [-0.1, -0.05) is 60.1 Å². The van der Waals surface area contributed by atoms with Gasteiger partial charge in [-0.15, -0.1) is 0 Å². The maximum atomic E-state index is 13.0. The van der Waals surface area contributed by atoms with Crippen molar-refractivity contribution in [3.05, 3.63) is 101 Å². The lowest BCUT2D eigenvalue weighted by molar-refractivity contribution is 0.0778. The Kier molecular flexibility index (Phi) is 4.37. The molecule has 2 aromatic carbocycles. The fraction of sp³-hybridized carbons (Fsp3) is 0.182. The lowest BCUT2D eigenvalue weighted by atomic mass is 9.58. The van der Waals surface area contributed by atoms with Crippen molar-refractivity contribution in [2.45, 2.75) is 18.3 Å². The highest BCUT2D eigenvalue weighted by molar-refractivity contribution is 6.30. The molecule has 1 aliphatic rings. The summed E-state index contributed by atoms with van der Waals surface area (Å²) in [5, 5.41) is 0.704. The van der Waals surface area contributed by atoms with Crippen LogP contribution in [0.5, 0.6) is 0 Å². The van der Waals surface area contributed by atoms with Crippen LogP contribution in [-0.4, -0.2) is 10.8 Å². The molecule has 1 saturated carbocycles. The van der Waals surface area contributed by atoms with Crippen molar-refractivity contribution in [1.29, 1.82) is 0 Å². The van der Waals surface area contributed by atoms with Crippen LogP contribution >= 0.6 is 11.6 Å². The fourth-order valence-electron chi connectivity index (χ4n) is 3.82. The number of carbonyl (C=O) groups is 1. The molecule has 0 amide bonds. The van der Waals surface area contributed by atoms with Crippen LogP contribution in [0.2, 0.25) is 5.02 Å². The van der Waals surface area contributed by atoms with E-state index in [1.165, 1.54) is 0 Å². The third-order valence-electron chi connectivity index (χ3n) is 5.07. The Balaban J connectivity index is 1.69.